The number of hydrogen-bond acceptors (Lipinski definition) is 3. The van der Waals surface area contributed by atoms with Crippen LogP contribution < -0.4 is 5.32 Å². The predicted molar refractivity (Wildman–Crippen MR) is 92.0 cm³/mol. The summed E-state index contributed by atoms with van der Waals surface area (Å²) in [4.78, 5) is 0. The first-order chi connectivity index (χ1) is 11.8. The Morgan fingerprint density at radius 3 is 2.71 bits per heavy atom. The largest absolute Gasteiger partial charge is 0.313 e. The molecule has 2 aromatic carbocycles. The molecule has 0 fully saturated rings. The van der Waals surface area contributed by atoms with Crippen molar-refractivity contribution >= 4 is 0 Å². The zero-order valence-corrected chi connectivity index (χ0v) is 13.2. The summed E-state index contributed by atoms with van der Waals surface area (Å²) in [5.41, 5.74) is 5.68. The highest BCUT2D eigenvalue weighted by molar-refractivity contribution is 5.61. The second-order valence-electron chi connectivity index (χ2n) is 6.09. The lowest BCUT2D eigenvalue weighted by Crippen LogP contribution is -2.12. The van der Waals surface area contributed by atoms with Crippen molar-refractivity contribution in [3.8, 4) is 11.3 Å². The molecule has 0 saturated heterocycles. The van der Waals surface area contributed by atoms with Gasteiger partial charge >= 0.3 is 0 Å². The van der Waals surface area contributed by atoms with Crippen molar-refractivity contribution in [2.24, 2.45) is 0 Å². The molecule has 0 bridgehead atoms. The van der Waals surface area contributed by atoms with Crippen LogP contribution in [0.2, 0.25) is 0 Å². The van der Waals surface area contributed by atoms with Gasteiger partial charge in [0.25, 0.3) is 0 Å². The fourth-order valence-electron chi connectivity index (χ4n) is 3.38. The van der Waals surface area contributed by atoms with Crippen molar-refractivity contribution in [3.05, 3.63) is 83.3 Å². The number of benzene rings is 2. The number of nitrogens with one attached hydrogen (secondary N) is 1. The molecule has 1 unspecified atom stereocenters. The zero-order valence-electron chi connectivity index (χ0n) is 13.2. The summed E-state index contributed by atoms with van der Waals surface area (Å²) in [5, 5.41) is 11.6. The molecule has 4 heteroatoms. The normalized spacial score (nSPS) is 17.1. The second kappa shape index (κ2) is 6.49. The van der Waals surface area contributed by atoms with Crippen molar-refractivity contribution in [1.82, 2.24) is 15.5 Å². The van der Waals surface area contributed by atoms with Gasteiger partial charge in [-0.1, -0.05) is 24.3 Å². The van der Waals surface area contributed by atoms with Gasteiger partial charge in [0, 0.05) is 24.2 Å². The van der Waals surface area contributed by atoms with Crippen LogP contribution in [0, 0.1) is 5.82 Å². The van der Waals surface area contributed by atoms with Crippen LogP contribution in [0.3, 0.4) is 0 Å². The van der Waals surface area contributed by atoms with E-state index in [0.717, 1.165) is 36.3 Å². The lowest BCUT2D eigenvalue weighted by atomic mass is 9.86. The minimum absolute atomic E-state index is 0.191. The van der Waals surface area contributed by atoms with E-state index < -0.39 is 0 Å². The van der Waals surface area contributed by atoms with Crippen molar-refractivity contribution in [2.45, 2.75) is 18.9 Å². The van der Waals surface area contributed by atoms with Gasteiger partial charge in [-0.15, -0.1) is 0 Å². The Kier molecular flexibility index (Phi) is 4.05. The highest BCUT2D eigenvalue weighted by Gasteiger charge is 2.20. The van der Waals surface area contributed by atoms with Crippen LogP contribution in [-0.4, -0.2) is 16.7 Å². The Morgan fingerprint density at radius 1 is 1.04 bits per heavy atom. The molecule has 24 heavy (non-hydrogen) atoms. The molecule has 1 atom stereocenters. The van der Waals surface area contributed by atoms with Crippen LogP contribution in [0.5, 0.6) is 0 Å². The highest BCUT2D eigenvalue weighted by atomic mass is 19.1. The molecular weight excluding hydrogens is 301 g/mol. The van der Waals surface area contributed by atoms with E-state index >= 15 is 0 Å². The molecule has 1 aromatic heterocycles. The first kappa shape index (κ1) is 15.0. The van der Waals surface area contributed by atoms with Gasteiger partial charge in [0.1, 0.15) is 5.82 Å². The van der Waals surface area contributed by atoms with Crippen LogP contribution in [0.25, 0.3) is 11.3 Å². The van der Waals surface area contributed by atoms with Gasteiger partial charge in [0.15, 0.2) is 0 Å². The average Bonchev–Trinajstić information content (AvgIpc) is 2.85. The highest BCUT2D eigenvalue weighted by Crippen LogP contribution is 2.34. The smallest absolute Gasteiger partial charge is 0.123 e. The minimum Gasteiger partial charge on any atom is -0.313 e. The summed E-state index contributed by atoms with van der Waals surface area (Å²) < 4.78 is 13.2. The molecule has 0 radical (unpaired) electrons. The Hall–Kier alpha value is -2.59. The van der Waals surface area contributed by atoms with Gasteiger partial charge in [-0.3, -0.25) is 0 Å². The number of aromatic nitrogens is 2. The molecule has 1 N–H and O–H groups in total. The summed E-state index contributed by atoms with van der Waals surface area (Å²) in [6.45, 7) is 1.78. The first-order valence-corrected chi connectivity index (χ1v) is 8.18. The Balaban J connectivity index is 1.75. The molecule has 3 aromatic rings. The zero-order chi connectivity index (χ0) is 16.4. The van der Waals surface area contributed by atoms with Gasteiger partial charge in [0.05, 0.1) is 5.69 Å². The molecule has 0 spiro atoms. The van der Waals surface area contributed by atoms with E-state index in [0.29, 0.717) is 0 Å². The average molecular weight is 319 g/mol. The standard InChI is InChI=1S/C20H18FN3/c21-17-6-3-14(4-7-17)19-9-11-22-13-16-12-15(5-8-18(16)19)20-2-1-10-23-24-20/h1-8,10,12,19,22H,9,11,13H2. The van der Waals surface area contributed by atoms with Gasteiger partial charge < -0.3 is 5.32 Å². The fraction of sp³-hybridized carbons (Fsp3) is 0.200. The van der Waals surface area contributed by atoms with Crippen LogP contribution in [-0.2, 0) is 6.54 Å². The number of fused-ring (bicyclic) bond motifs is 1. The van der Waals surface area contributed by atoms with E-state index in [2.05, 4.69) is 33.7 Å². The summed E-state index contributed by atoms with van der Waals surface area (Å²) in [7, 11) is 0. The van der Waals surface area contributed by atoms with E-state index in [1.54, 1.807) is 18.3 Å². The minimum atomic E-state index is -0.191. The quantitative estimate of drug-likeness (QED) is 0.778. The van der Waals surface area contributed by atoms with E-state index in [1.807, 2.05) is 24.3 Å². The Morgan fingerprint density at radius 2 is 1.92 bits per heavy atom. The van der Waals surface area contributed by atoms with Gasteiger partial charge in [-0.2, -0.15) is 10.2 Å². The van der Waals surface area contributed by atoms with Crippen molar-refractivity contribution in [2.75, 3.05) is 6.54 Å². The molecule has 3 nitrogen and oxygen atoms in total. The summed E-state index contributed by atoms with van der Waals surface area (Å²) in [5.74, 6) is 0.0928. The van der Waals surface area contributed by atoms with Crippen LogP contribution >= 0.6 is 0 Å². The topological polar surface area (TPSA) is 37.8 Å². The summed E-state index contributed by atoms with van der Waals surface area (Å²) in [6.07, 6.45) is 2.68. The van der Waals surface area contributed by atoms with Crippen LogP contribution in [0.15, 0.2) is 60.8 Å². The Bertz CT molecular complexity index is 831. The van der Waals surface area contributed by atoms with Crippen molar-refractivity contribution < 1.29 is 4.39 Å². The fourth-order valence-corrected chi connectivity index (χ4v) is 3.38. The maximum absolute atomic E-state index is 13.2. The number of hydrogen-bond donors (Lipinski definition) is 1. The molecule has 0 aliphatic carbocycles. The lowest BCUT2D eigenvalue weighted by Gasteiger charge is -2.18. The monoisotopic (exact) mass is 319 g/mol. The molecule has 2 heterocycles. The number of halogens is 1. The lowest BCUT2D eigenvalue weighted by molar-refractivity contribution is 0.622. The van der Waals surface area contributed by atoms with Crippen LogP contribution in [0.4, 0.5) is 4.39 Å². The SMILES string of the molecule is Fc1ccc(C2CCNCc3cc(-c4cccnn4)ccc32)cc1. The number of nitrogens with zero attached hydrogens (tertiary/aromatic N) is 2. The van der Waals surface area contributed by atoms with Gasteiger partial charge in [0.2, 0.25) is 0 Å². The van der Waals surface area contributed by atoms with Gasteiger partial charge in [-0.05, 0) is 60.0 Å². The molecule has 4 rings (SSSR count). The first-order valence-electron chi connectivity index (χ1n) is 8.18. The van der Waals surface area contributed by atoms with Crippen LogP contribution in [0.1, 0.15) is 29.0 Å². The van der Waals surface area contributed by atoms with Gasteiger partial charge in [-0.25, -0.2) is 4.39 Å². The molecule has 0 amide bonds. The molecule has 1 aliphatic heterocycles. The molecular formula is C20H18FN3. The molecule has 1 aliphatic rings. The van der Waals surface area contributed by atoms with Crippen molar-refractivity contribution in [3.63, 3.8) is 0 Å². The summed E-state index contributed by atoms with van der Waals surface area (Å²) >= 11 is 0. The molecule has 0 saturated carbocycles. The third kappa shape index (κ3) is 2.93. The van der Waals surface area contributed by atoms with E-state index in [4.69, 9.17) is 0 Å². The van der Waals surface area contributed by atoms with E-state index in [-0.39, 0.29) is 11.7 Å². The molecule has 120 valence electrons. The number of rotatable bonds is 2. The third-order valence-electron chi connectivity index (χ3n) is 4.58. The second-order valence-corrected chi connectivity index (χ2v) is 6.09. The maximum Gasteiger partial charge on any atom is 0.123 e. The summed E-state index contributed by atoms with van der Waals surface area (Å²) in [6, 6.07) is 17.2. The van der Waals surface area contributed by atoms with Crippen molar-refractivity contribution in [1.29, 1.82) is 0 Å². The van der Waals surface area contributed by atoms with E-state index in [9.17, 15) is 4.39 Å². The maximum atomic E-state index is 13.2. The third-order valence-corrected chi connectivity index (χ3v) is 4.58. The predicted octanol–water partition coefficient (Wildman–Crippen LogP) is 3.91. The Labute approximate surface area is 140 Å². The van der Waals surface area contributed by atoms with E-state index in [1.165, 1.54) is 11.1 Å².